The van der Waals surface area contributed by atoms with Crippen LogP contribution in [0.5, 0.6) is 0 Å². The molecule has 1 atom stereocenters. The number of carbonyl (C=O) groups is 2. The van der Waals surface area contributed by atoms with Crippen LogP contribution in [-0.2, 0) is 14.3 Å². The minimum atomic E-state index is -1.11. The topological polar surface area (TPSA) is 77.7 Å². The van der Waals surface area contributed by atoms with Gasteiger partial charge in [0.05, 0.1) is 12.7 Å². The quantitative estimate of drug-likeness (QED) is 0.647. The molecule has 0 bridgehead atoms. The summed E-state index contributed by atoms with van der Waals surface area (Å²) in [5.41, 5.74) is 0.710. The van der Waals surface area contributed by atoms with Gasteiger partial charge in [0.2, 0.25) is 6.04 Å². The molecule has 0 saturated carbocycles. The fourth-order valence-corrected chi connectivity index (χ4v) is 1.68. The van der Waals surface area contributed by atoms with Crippen molar-refractivity contribution < 1.29 is 19.4 Å². The van der Waals surface area contributed by atoms with Crippen LogP contribution >= 0.6 is 0 Å². The third kappa shape index (κ3) is 1.50. The smallest absolute Gasteiger partial charge is 0.338 e. The molecular weight excluding hydrogens is 210 g/mol. The van der Waals surface area contributed by atoms with Crippen LogP contribution in [0.2, 0.25) is 0 Å². The molecule has 0 aromatic carbocycles. The lowest BCUT2D eigenvalue weighted by Crippen LogP contribution is -2.36. The van der Waals surface area contributed by atoms with E-state index in [4.69, 9.17) is 0 Å². The fourth-order valence-electron chi connectivity index (χ4n) is 1.68. The van der Waals surface area contributed by atoms with Crippen LogP contribution in [0.25, 0.3) is 0 Å². The molecule has 0 spiro atoms. The Morgan fingerprint density at radius 2 is 2.38 bits per heavy atom. The molecule has 0 aromatic rings. The van der Waals surface area contributed by atoms with Crippen molar-refractivity contribution >= 4 is 11.8 Å². The van der Waals surface area contributed by atoms with E-state index in [1.807, 2.05) is 0 Å². The maximum absolute atomic E-state index is 11.6. The number of methoxy groups -OCH3 is 1. The summed E-state index contributed by atoms with van der Waals surface area (Å²) in [6, 6.07) is -1.11. The summed E-state index contributed by atoms with van der Waals surface area (Å²) >= 11 is 0. The number of fused-ring (bicyclic) bond motifs is 1. The predicted octanol–water partition coefficient (Wildman–Crippen LogP) is 0.371. The van der Waals surface area contributed by atoms with Gasteiger partial charge in [0, 0.05) is 18.2 Å². The van der Waals surface area contributed by atoms with E-state index in [1.165, 1.54) is 13.3 Å². The van der Waals surface area contributed by atoms with Crippen LogP contribution in [0.1, 0.15) is 6.42 Å². The van der Waals surface area contributed by atoms with E-state index >= 15 is 0 Å². The average molecular weight is 220 g/mol. The highest BCUT2D eigenvalue weighted by Gasteiger charge is 2.34. The van der Waals surface area contributed by atoms with Gasteiger partial charge in [-0.1, -0.05) is 12.2 Å². The zero-order chi connectivity index (χ0) is 11.7. The van der Waals surface area contributed by atoms with E-state index in [1.54, 1.807) is 12.2 Å². The van der Waals surface area contributed by atoms with Gasteiger partial charge in [-0.3, -0.25) is 10.1 Å². The minimum Gasteiger partial charge on any atom is -0.509 e. The molecule has 1 aliphatic heterocycles. The first-order valence-electron chi connectivity index (χ1n) is 4.76. The summed E-state index contributed by atoms with van der Waals surface area (Å²) in [5.74, 6) is -1.21. The molecule has 0 aromatic heterocycles. The van der Waals surface area contributed by atoms with Crippen molar-refractivity contribution in [1.82, 2.24) is 5.32 Å². The Hall–Kier alpha value is -2.04. The molecule has 0 fully saturated rings. The molecule has 0 saturated heterocycles. The van der Waals surface area contributed by atoms with Crippen LogP contribution in [0, 0.1) is 0 Å². The Balaban J connectivity index is 2.42. The Labute approximate surface area is 92.1 Å². The average Bonchev–Trinajstić information content (AvgIpc) is 2.28. The van der Waals surface area contributed by atoms with Crippen molar-refractivity contribution in [2.75, 3.05) is 7.11 Å². The van der Waals surface area contributed by atoms with E-state index in [0.717, 1.165) is 0 Å². The van der Waals surface area contributed by atoms with Gasteiger partial charge in [-0.25, -0.2) is 4.79 Å². The second-order valence-electron chi connectivity index (χ2n) is 3.45. The lowest BCUT2D eigenvalue weighted by Gasteiger charge is -2.22. The molecule has 1 unspecified atom stereocenters. The molecule has 2 aliphatic rings. The van der Waals surface area contributed by atoms with E-state index in [0.29, 0.717) is 5.57 Å². The number of allylic oxidation sites excluding steroid dienone is 4. The Kier molecular flexibility index (Phi) is 2.52. The normalized spacial score (nSPS) is 23.4. The van der Waals surface area contributed by atoms with E-state index in [2.05, 4.69) is 10.1 Å². The van der Waals surface area contributed by atoms with Crippen molar-refractivity contribution in [3.05, 3.63) is 35.3 Å². The molecule has 5 nitrogen and oxygen atoms in total. The molecule has 5 heteroatoms. The lowest BCUT2D eigenvalue weighted by atomic mass is 9.90. The van der Waals surface area contributed by atoms with Gasteiger partial charge in [-0.2, -0.15) is 0 Å². The van der Waals surface area contributed by atoms with Crippen LogP contribution in [0.15, 0.2) is 35.3 Å². The second-order valence-corrected chi connectivity index (χ2v) is 3.45. The zero-order valence-corrected chi connectivity index (χ0v) is 8.64. The lowest BCUT2D eigenvalue weighted by molar-refractivity contribution is -0.142. The maximum atomic E-state index is 11.6. The van der Waals surface area contributed by atoms with Gasteiger partial charge in [0.1, 0.15) is 5.76 Å². The molecule has 2 rings (SSSR count). The number of nitrogens with zero attached hydrogens (tertiary/aromatic N) is 1. The molecule has 1 aliphatic carbocycles. The van der Waals surface area contributed by atoms with Gasteiger partial charge < -0.3 is 9.84 Å². The largest absolute Gasteiger partial charge is 0.509 e. The summed E-state index contributed by atoms with van der Waals surface area (Å²) in [5, 5.41) is 13.7. The first-order chi connectivity index (χ1) is 7.65. The van der Waals surface area contributed by atoms with Gasteiger partial charge in [-0.15, -0.1) is 0 Å². The van der Waals surface area contributed by atoms with E-state index < -0.39 is 12.0 Å². The summed E-state index contributed by atoms with van der Waals surface area (Å²) in [4.78, 5) is 22.9. The number of rotatable bonds is 1. The number of aliphatic hydroxyl groups is 1. The van der Waals surface area contributed by atoms with Crippen molar-refractivity contribution in [3.8, 4) is 0 Å². The van der Waals surface area contributed by atoms with Gasteiger partial charge >= 0.3 is 5.97 Å². The summed E-state index contributed by atoms with van der Waals surface area (Å²) in [7, 11) is 1.21. The van der Waals surface area contributed by atoms with Crippen molar-refractivity contribution in [3.63, 3.8) is 0 Å². The maximum Gasteiger partial charge on any atom is 0.338 e. The Bertz CT molecular complexity index is 445. The molecule has 1 radical (unpaired) electrons. The Morgan fingerprint density at radius 1 is 1.62 bits per heavy atom. The third-order valence-corrected chi connectivity index (χ3v) is 2.47. The molecule has 83 valence electrons. The summed E-state index contributed by atoms with van der Waals surface area (Å²) in [6.07, 6.45) is 5.03. The predicted molar refractivity (Wildman–Crippen MR) is 54.4 cm³/mol. The molecule has 0 amide bonds. The summed E-state index contributed by atoms with van der Waals surface area (Å²) < 4.78 is 4.49. The number of aliphatic hydroxyl groups excluding tert-OH is 1. The number of hydrogen-bond acceptors (Lipinski definition) is 4. The SMILES string of the molecule is COC(=O)C1[N]C=C2C=CCC(=O)C2=C1O. The first-order valence-corrected chi connectivity index (χ1v) is 4.76. The molecule has 1 N–H and O–H groups in total. The van der Waals surface area contributed by atoms with Gasteiger partial charge in [0.15, 0.2) is 5.78 Å². The molecular formula is C11H10NO4. The third-order valence-electron chi connectivity index (χ3n) is 2.47. The first kappa shape index (κ1) is 10.5. The fraction of sp³-hybridized carbons (Fsp3) is 0.273. The highest BCUT2D eigenvalue weighted by molar-refractivity contribution is 6.04. The van der Waals surface area contributed by atoms with Crippen LogP contribution in [-0.4, -0.2) is 30.0 Å². The number of ether oxygens (including phenoxy) is 1. The molecule has 16 heavy (non-hydrogen) atoms. The summed E-state index contributed by atoms with van der Waals surface area (Å²) in [6.45, 7) is 0. The number of Topliss-reactive ketones (excluding diaryl/α,β-unsaturated/α-hetero) is 1. The van der Waals surface area contributed by atoms with Crippen molar-refractivity contribution in [2.24, 2.45) is 0 Å². The van der Waals surface area contributed by atoms with Crippen molar-refractivity contribution in [2.45, 2.75) is 12.5 Å². The highest BCUT2D eigenvalue weighted by Crippen LogP contribution is 2.27. The van der Waals surface area contributed by atoms with Crippen molar-refractivity contribution in [1.29, 1.82) is 0 Å². The minimum absolute atomic E-state index is 0.174. The van der Waals surface area contributed by atoms with E-state index in [-0.39, 0.29) is 23.5 Å². The number of esters is 1. The monoisotopic (exact) mass is 220 g/mol. The van der Waals surface area contributed by atoms with Gasteiger partial charge in [0.25, 0.3) is 0 Å². The van der Waals surface area contributed by atoms with Gasteiger partial charge in [-0.05, 0) is 0 Å². The van der Waals surface area contributed by atoms with Crippen LogP contribution in [0.4, 0.5) is 0 Å². The Morgan fingerprint density at radius 3 is 3.06 bits per heavy atom. The highest BCUT2D eigenvalue weighted by atomic mass is 16.5. The van der Waals surface area contributed by atoms with E-state index in [9.17, 15) is 14.7 Å². The number of hydrogen-bond donors (Lipinski definition) is 1. The van der Waals surface area contributed by atoms with Crippen LogP contribution < -0.4 is 5.32 Å². The standard InChI is InChI=1S/C11H10NO4/c1-16-11(15)9-10(14)8-6(5-12-9)3-2-4-7(8)13/h2-3,5,9,14H,4H2,1H3. The number of ketones is 1. The molecule has 1 heterocycles. The van der Waals surface area contributed by atoms with Crippen LogP contribution in [0.3, 0.4) is 0 Å². The second kappa shape index (κ2) is 3.84. The zero-order valence-electron chi connectivity index (χ0n) is 8.64. The number of carbonyl (C=O) groups excluding carboxylic acids is 2.